The van der Waals surface area contributed by atoms with E-state index in [1.165, 1.54) is 17.7 Å². The lowest BCUT2D eigenvalue weighted by Crippen LogP contribution is -2.21. The molecule has 1 unspecified atom stereocenters. The van der Waals surface area contributed by atoms with Crippen LogP contribution < -0.4 is 5.32 Å². The Bertz CT molecular complexity index is 410. The van der Waals surface area contributed by atoms with Gasteiger partial charge in [0.25, 0.3) is 0 Å². The monoisotopic (exact) mass is 283 g/mol. The van der Waals surface area contributed by atoms with Crippen molar-refractivity contribution >= 4 is 28.3 Å². The largest absolute Gasteiger partial charge is 0.360 e. The Balaban J connectivity index is 1.79. The van der Waals surface area contributed by atoms with Gasteiger partial charge >= 0.3 is 0 Å². The number of amidine groups is 1. The van der Waals surface area contributed by atoms with E-state index in [-0.39, 0.29) is 0 Å². The molecule has 100 valence electrons. The van der Waals surface area contributed by atoms with E-state index in [1.54, 1.807) is 11.3 Å². The molecule has 0 bridgehead atoms. The molecule has 0 amide bonds. The van der Waals surface area contributed by atoms with E-state index in [4.69, 9.17) is 0 Å². The fraction of sp³-hybridized carbons (Fsp3) is 0.692. The predicted molar refractivity (Wildman–Crippen MR) is 81.4 cm³/mol. The average Bonchev–Trinajstić information content (AvgIpc) is 2.98. The highest BCUT2D eigenvalue weighted by molar-refractivity contribution is 8.14. The van der Waals surface area contributed by atoms with Crippen molar-refractivity contribution in [3.8, 4) is 0 Å². The Morgan fingerprint density at radius 1 is 1.44 bits per heavy atom. The smallest absolute Gasteiger partial charge is 0.157 e. The quantitative estimate of drug-likeness (QED) is 0.899. The summed E-state index contributed by atoms with van der Waals surface area (Å²) < 4.78 is 0. The van der Waals surface area contributed by atoms with Gasteiger partial charge in [-0.1, -0.05) is 38.5 Å². The molecule has 0 spiro atoms. The summed E-state index contributed by atoms with van der Waals surface area (Å²) >= 11 is 3.67. The van der Waals surface area contributed by atoms with Gasteiger partial charge in [0.05, 0.1) is 18.1 Å². The summed E-state index contributed by atoms with van der Waals surface area (Å²) in [7, 11) is 0. The number of nitrogens with zero attached hydrogens (tertiary/aromatic N) is 2. The number of aromatic nitrogens is 1. The highest BCUT2D eigenvalue weighted by Gasteiger charge is 2.25. The third-order valence-corrected chi connectivity index (χ3v) is 5.58. The van der Waals surface area contributed by atoms with Crippen LogP contribution in [0.15, 0.2) is 11.2 Å². The van der Waals surface area contributed by atoms with Crippen LogP contribution in [0.2, 0.25) is 0 Å². The van der Waals surface area contributed by atoms with Gasteiger partial charge in [0, 0.05) is 16.3 Å². The van der Waals surface area contributed by atoms with E-state index in [0.717, 1.165) is 29.2 Å². The van der Waals surface area contributed by atoms with Crippen molar-refractivity contribution in [2.24, 2.45) is 10.9 Å². The van der Waals surface area contributed by atoms with E-state index >= 15 is 0 Å². The molecule has 1 atom stereocenters. The fourth-order valence-electron chi connectivity index (χ4n) is 2.20. The van der Waals surface area contributed by atoms with E-state index in [0.29, 0.717) is 5.25 Å². The van der Waals surface area contributed by atoms with Crippen molar-refractivity contribution in [1.29, 1.82) is 0 Å². The molecule has 3 nitrogen and oxygen atoms in total. The number of hydrogen-bond donors (Lipinski definition) is 1. The number of rotatable bonds is 5. The van der Waals surface area contributed by atoms with Gasteiger partial charge in [-0.3, -0.25) is 4.99 Å². The van der Waals surface area contributed by atoms with Crippen molar-refractivity contribution < 1.29 is 0 Å². The van der Waals surface area contributed by atoms with Gasteiger partial charge < -0.3 is 5.32 Å². The normalized spacial score (nSPS) is 19.3. The van der Waals surface area contributed by atoms with Crippen LogP contribution in [-0.4, -0.2) is 21.9 Å². The topological polar surface area (TPSA) is 37.3 Å². The SMILES string of the molecule is CCC(CC)C1CN=C(NCc2cnc(C)s2)S1. The lowest BCUT2D eigenvalue weighted by Gasteiger charge is -2.18. The summed E-state index contributed by atoms with van der Waals surface area (Å²) in [4.78, 5) is 10.2. The molecule has 1 aromatic rings. The number of hydrogen-bond acceptors (Lipinski definition) is 5. The molecular formula is C13H21N3S2. The van der Waals surface area contributed by atoms with Crippen molar-refractivity contribution in [1.82, 2.24) is 10.3 Å². The van der Waals surface area contributed by atoms with E-state index in [2.05, 4.69) is 29.1 Å². The van der Waals surface area contributed by atoms with Crippen molar-refractivity contribution in [2.45, 2.75) is 45.4 Å². The molecule has 5 heteroatoms. The Kier molecular flexibility index (Phi) is 5.06. The standard InChI is InChI=1S/C13H21N3S2/c1-4-10(5-2)12-8-16-13(18-12)15-7-11-6-14-9(3)17-11/h6,10,12H,4-5,7-8H2,1-3H3,(H,15,16). The van der Waals surface area contributed by atoms with Gasteiger partial charge in [0.15, 0.2) is 5.17 Å². The summed E-state index contributed by atoms with van der Waals surface area (Å²) in [5, 5.41) is 6.34. The maximum atomic E-state index is 4.61. The molecule has 18 heavy (non-hydrogen) atoms. The molecule has 0 fully saturated rings. The molecule has 0 aromatic carbocycles. The first-order valence-corrected chi connectivity index (χ1v) is 8.28. The zero-order valence-corrected chi connectivity index (χ0v) is 12.9. The molecule has 2 rings (SSSR count). The van der Waals surface area contributed by atoms with Gasteiger partial charge in [0.2, 0.25) is 0 Å². The van der Waals surface area contributed by atoms with Gasteiger partial charge in [-0.15, -0.1) is 11.3 Å². The molecule has 1 N–H and O–H groups in total. The minimum Gasteiger partial charge on any atom is -0.360 e. The molecule has 1 aliphatic heterocycles. The molecule has 0 saturated heterocycles. The van der Waals surface area contributed by atoms with Crippen LogP contribution in [-0.2, 0) is 6.54 Å². The molecule has 2 heterocycles. The number of aryl methyl sites for hydroxylation is 1. The van der Waals surface area contributed by atoms with Crippen LogP contribution in [0.3, 0.4) is 0 Å². The molecule has 0 aliphatic carbocycles. The third kappa shape index (κ3) is 3.48. The third-order valence-electron chi connectivity index (χ3n) is 3.34. The number of nitrogens with one attached hydrogen (secondary N) is 1. The maximum Gasteiger partial charge on any atom is 0.157 e. The molecule has 0 radical (unpaired) electrons. The minimum absolute atomic E-state index is 0.672. The maximum absolute atomic E-state index is 4.61. The minimum atomic E-state index is 0.672. The lowest BCUT2D eigenvalue weighted by atomic mass is 9.99. The van der Waals surface area contributed by atoms with Gasteiger partial charge in [-0.2, -0.15) is 0 Å². The van der Waals surface area contributed by atoms with E-state index < -0.39 is 0 Å². The first kappa shape index (κ1) is 13.9. The second-order valence-electron chi connectivity index (χ2n) is 4.58. The van der Waals surface area contributed by atoms with Crippen molar-refractivity contribution in [3.05, 3.63) is 16.1 Å². The van der Waals surface area contributed by atoms with Crippen molar-refractivity contribution in [2.75, 3.05) is 6.54 Å². The zero-order chi connectivity index (χ0) is 13.0. The van der Waals surface area contributed by atoms with Crippen LogP contribution in [0, 0.1) is 12.8 Å². The average molecular weight is 283 g/mol. The Labute approximate surface area is 118 Å². The molecule has 1 aromatic heterocycles. The second kappa shape index (κ2) is 6.57. The lowest BCUT2D eigenvalue weighted by molar-refractivity contribution is 0.479. The molecule has 0 saturated carbocycles. The summed E-state index contributed by atoms with van der Waals surface area (Å²) in [6.07, 6.45) is 4.46. The number of thiazole rings is 1. The Morgan fingerprint density at radius 2 is 2.22 bits per heavy atom. The summed E-state index contributed by atoms with van der Waals surface area (Å²) in [5.41, 5.74) is 0. The highest BCUT2D eigenvalue weighted by Crippen LogP contribution is 2.30. The summed E-state index contributed by atoms with van der Waals surface area (Å²) in [5.74, 6) is 0.795. The van der Waals surface area contributed by atoms with Crippen molar-refractivity contribution in [3.63, 3.8) is 0 Å². The Hall–Kier alpha value is -0.550. The van der Waals surface area contributed by atoms with Crippen LogP contribution in [0.5, 0.6) is 0 Å². The van der Waals surface area contributed by atoms with Crippen LogP contribution in [0.25, 0.3) is 0 Å². The highest BCUT2D eigenvalue weighted by atomic mass is 32.2. The van der Waals surface area contributed by atoms with Gasteiger partial charge in [-0.05, 0) is 12.8 Å². The number of thioether (sulfide) groups is 1. The van der Waals surface area contributed by atoms with Crippen LogP contribution >= 0.6 is 23.1 Å². The van der Waals surface area contributed by atoms with Crippen LogP contribution in [0.1, 0.15) is 36.6 Å². The number of aliphatic imine (C=N–C) groups is 1. The van der Waals surface area contributed by atoms with Crippen LogP contribution in [0.4, 0.5) is 0 Å². The molecule has 1 aliphatic rings. The molecular weight excluding hydrogens is 262 g/mol. The van der Waals surface area contributed by atoms with E-state index in [9.17, 15) is 0 Å². The summed E-state index contributed by atoms with van der Waals surface area (Å²) in [6.45, 7) is 8.42. The fourth-order valence-corrected chi connectivity index (χ4v) is 4.25. The first-order chi connectivity index (χ1) is 8.72. The van der Waals surface area contributed by atoms with Gasteiger partial charge in [-0.25, -0.2) is 4.98 Å². The first-order valence-electron chi connectivity index (χ1n) is 6.59. The zero-order valence-electron chi connectivity index (χ0n) is 11.3. The Morgan fingerprint density at radius 3 is 2.83 bits per heavy atom. The van der Waals surface area contributed by atoms with Gasteiger partial charge in [0.1, 0.15) is 0 Å². The summed E-state index contributed by atoms with van der Waals surface area (Å²) in [6, 6.07) is 0. The second-order valence-corrected chi connectivity index (χ2v) is 7.13. The predicted octanol–water partition coefficient (Wildman–Crippen LogP) is 3.45. The van der Waals surface area contributed by atoms with E-state index in [1.807, 2.05) is 24.9 Å².